The van der Waals surface area contributed by atoms with E-state index in [9.17, 15) is 27.7 Å². The topological polar surface area (TPSA) is 43.1 Å². The van der Waals surface area contributed by atoms with Gasteiger partial charge in [0.05, 0.1) is 11.0 Å². The van der Waals surface area contributed by atoms with Crippen molar-refractivity contribution in [2.24, 2.45) is 0 Å². The molecular weight excluding hydrogens is 310 g/mol. The summed E-state index contributed by atoms with van der Waals surface area (Å²) in [6, 6.07) is 8.30. The molecule has 2 rings (SSSR count). The van der Waals surface area contributed by atoms with E-state index in [4.69, 9.17) is 0 Å². The van der Waals surface area contributed by atoms with Crippen LogP contribution in [0.2, 0.25) is 0 Å². The monoisotopic (exact) mass is 318 g/mol. The van der Waals surface area contributed by atoms with E-state index in [1.54, 1.807) is 0 Å². The fraction of sp³-hybridized carbons (Fsp3) is 0.0769. The van der Waals surface area contributed by atoms with Crippen molar-refractivity contribution < 1.29 is 22.5 Å². The molecular formula is C13H8F4NO2S+. The van der Waals surface area contributed by atoms with Crippen molar-refractivity contribution in [3.63, 3.8) is 0 Å². The van der Waals surface area contributed by atoms with Crippen LogP contribution in [0.3, 0.4) is 0 Å². The maximum absolute atomic E-state index is 13.3. The van der Waals surface area contributed by atoms with Gasteiger partial charge in [-0.25, -0.2) is 4.39 Å². The number of non-ortho nitro benzene ring substituents is 1. The lowest BCUT2D eigenvalue weighted by Crippen LogP contribution is -2.24. The number of hydrogen-bond donors (Lipinski definition) is 0. The zero-order valence-corrected chi connectivity index (χ0v) is 11.1. The van der Waals surface area contributed by atoms with Gasteiger partial charge in [-0.3, -0.25) is 10.1 Å². The highest BCUT2D eigenvalue weighted by Gasteiger charge is 2.54. The SMILES string of the molecule is O=[N+]([O-])c1cccc([S+](c2ccc(F)cc2)C(F)(F)F)c1. The number of hydrogen-bond acceptors (Lipinski definition) is 2. The first-order valence-corrected chi connectivity index (χ1v) is 6.82. The Kier molecular flexibility index (Phi) is 4.17. The summed E-state index contributed by atoms with van der Waals surface area (Å²) >= 11 is 0. The number of nitro groups is 1. The van der Waals surface area contributed by atoms with E-state index in [1.165, 1.54) is 12.1 Å². The van der Waals surface area contributed by atoms with Gasteiger partial charge in [-0.2, -0.15) is 0 Å². The van der Waals surface area contributed by atoms with Crippen LogP contribution in [0.15, 0.2) is 58.3 Å². The summed E-state index contributed by atoms with van der Waals surface area (Å²) in [7, 11) is -2.37. The molecule has 0 aliphatic carbocycles. The third-order valence-electron chi connectivity index (χ3n) is 2.54. The van der Waals surface area contributed by atoms with E-state index in [1.807, 2.05) is 0 Å². The summed E-state index contributed by atoms with van der Waals surface area (Å²) in [5.41, 5.74) is -5.04. The molecule has 0 aromatic heterocycles. The van der Waals surface area contributed by atoms with Crippen LogP contribution in [0.1, 0.15) is 0 Å². The number of alkyl halides is 3. The smallest absolute Gasteiger partial charge is 0.258 e. The van der Waals surface area contributed by atoms with Crippen molar-refractivity contribution >= 4 is 16.6 Å². The van der Waals surface area contributed by atoms with Crippen molar-refractivity contribution in [3.05, 3.63) is 64.5 Å². The minimum atomic E-state index is -4.62. The highest BCUT2D eigenvalue weighted by molar-refractivity contribution is 7.97. The Balaban J connectivity index is 2.53. The van der Waals surface area contributed by atoms with Crippen molar-refractivity contribution in [1.82, 2.24) is 0 Å². The first-order valence-electron chi connectivity index (χ1n) is 5.60. The van der Waals surface area contributed by atoms with Gasteiger partial charge in [-0.05, 0) is 30.3 Å². The van der Waals surface area contributed by atoms with Crippen LogP contribution in [0.5, 0.6) is 0 Å². The molecule has 3 nitrogen and oxygen atoms in total. The van der Waals surface area contributed by atoms with Crippen molar-refractivity contribution in [3.8, 4) is 0 Å². The normalized spacial score (nSPS) is 13.0. The average Bonchev–Trinajstić information content (AvgIpc) is 2.40. The molecule has 1 unspecified atom stereocenters. The van der Waals surface area contributed by atoms with E-state index in [2.05, 4.69) is 0 Å². The summed E-state index contributed by atoms with van der Waals surface area (Å²) in [5.74, 6) is -0.650. The molecule has 110 valence electrons. The lowest BCUT2D eigenvalue weighted by Gasteiger charge is -2.09. The summed E-state index contributed by atoms with van der Waals surface area (Å²) in [6.45, 7) is 0. The highest BCUT2D eigenvalue weighted by atomic mass is 32.2. The lowest BCUT2D eigenvalue weighted by molar-refractivity contribution is -0.385. The molecule has 0 N–H and O–H groups in total. The molecule has 0 saturated heterocycles. The number of halogens is 4. The zero-order chi connectivity index (χ0) is 15.6. The molecule has 2 aromatic rings. The van der Waals surface area contributed by atoms with E-state index < -0.39 is 32.8 Å². The fourth-order valence-electron chi connectivity index (χ4n) is 1.70. The molecule has 0 heterocycles. The van der Waals surface area contributed by atoms with Gasteiger partial charge in [-0.15, -0.1) is 13.2 Å². The molecule has 0 aliphatic rings. The second-order valence-corrected chi connectivity index (χ2v) is 5.98. The van der Waals surface area contributed by atoms with Gasteiger partial charge in [0.25, 0.3) is 5.69 Å². The second-order valence-electron chi connectivity index (χ2n) is 3.96. The Morgan fingerprint density at radius 3 is 2.14 bits per heavy atom. The fourth-order valence-corrected chi connectivity index (χ4v) is 3.37. The quantitative estimate of drug-likeness (QED) is 0.367. The largest absolute Gasteiger partial charge is 0.586 e. The van der Waals surface area contributed by atoms with Crippen LogP contribution in [0, 0.1) is 15.9 Å². The van der Waals surface area contributed by atoms with Crippen LogP contribution in [0.25, 0.3) is 0 Å². The predicted octanol–water partition coefficient (Wildman–Crippen LogP) is 4.29. The Morgan fingerprint density at radius 2 is 1.62 bits per heavy atom. The average molecular weight is 318 g/mol. The minimum absolute atomic E-state index is 0.149. The number of nitro benzene ring substituents is 1. The van der Waals surface area contributed by atoms with Gasteiger partial charge in [0.1, 0.15) is 5.82 Å². The van der Waals surface area contributed by atoms with Gasteiger partial charge in [0.2, 0.25) is 0 Å². The Hall–Kier alpha value is -2.09. The Bertz CT molecular complexity index is 658. The molecule has 0 radical (unpaired) electrons. The van der Waals surface area contributed by atoms with E-state index in [-0.39, 0.29) is 9.79 Å². The third-order valence-corrected chi connectivity index (χ3v) is 4.48. The second kappa shape index (κ2) is 5.72. The van der Waals surface area contributed by atoms with Crippen LogP contribution in [-0.2, 0) is 10.9 Å². The van der Waals surface area contributed by atoms with E-state index >= 15 is 0 Å². The summed E-state index contributed by atoms with van der Waals surface area (Å²) in [5, 5.41) is 10.7. The molecule has 21 heavy (non-hydrogen) atoms. The Morgan fingerprint density at radius 1 is 1.00 bits per heavy atom. The molecule has 0 spiro atoms. The third kappa shape index (κ3) is 3.52. The van der Waals surface area contributed by atoms with Crippen molar-refractivity contribution in [1.29, 1.82) is 0 Å². The van der Waals surface area contributed by atoms with Crippen LogP contribution in [0.4, 0.5) is 23.2 Å². The maximum atomic E-state index is 13.3. The van der Waals surface area contributed by atoms with Gasteiger partial charge >= 0.3 is 5.51 Å². The number of rotatable bonds is 3. The number of benzene rings is 2. The van der Waals surface area contributed by atoms with E-state index in [0.717, 1.165) is 36.4 Å². The van der Waals surface area contributed by atoms with Crippen LogP contribution >= 0.6 is 0 Å². The molecule has 0 bridgehead atoms. The maximum Gasteiger partial charge on any atom is 0.586 e. The van der Waals surface area contributed by atoms with Gasteiger partial charge < -0.3 is 0 Å². The van der Waals surface area contributed by atoms with Crippen LogP contribution in [-0.4, -0.2) is 10.4 Å². The zero-order valence-electron chi connectivity index (χ0n) is 10.3. The lowest BCUT2D eigenvalue weighted by atomic mass is 10.3. The molecule has 2 aromatic carbocycles. The first-order chi connectivity index (χ1) is 9.79. The van der Waals surface area contributed by atoms with Crippen molar-refractivity contribution in [2.45, 2.75) is 15.3 Å². The minimum Gasteiger partial charge on any atom is -0.258 e. The van der Waals surface area contributed by atoms with Gasteiger partial charge in [-0.1, -0.05) is 6.07 Å². The summed E-state index contributed by atoms with van der Waals surface area (Å²) in [6.07, 6.45) is 0. The summed E-state index contributed by atoms with van der Waals surface area (Å²) < 4.78 is 52.7. The Labute approximate surface area is 119 Å². The number of nitrogens with zero attached hydrogens (tertiary/aromatic N) is 1. The molecule has 8 heteroatoms. The standard InChI is InChI=1S/C13H8F4NO2S/c14-9-4-6-11(7-5-9)21(13(15,16)17)12-3-1-2-10(8-12)18(19)20/h1-8H/q+1. The molecule has 0 aliphatic heterocycles. The first kappa shape index (κ1) is 15.3. The van der Waals surface area contributed by atoms with E-state index in [0.29, 0.717) is 0 Å². The molecule has 0 fully saturated rings. The highest BCUT2D eigenvalue weighted by Crippen LogP contribution is 2.39. The van der Waals surface area contributed by atoms with Gasteiger partial charge in [0, 0.05) is 6.07 Å². The van der Waals surface area contributed by atoms with Crippen LogP contribution < -0.4 is 0 Å². The molecule has 1 atom stereocenters. The molecule has 0 amide bonds. The predicted molar refractivity (Wildman–Crippen MR) is 69.4 cm³/mol. The van der Waals surface area contributed by atoms with Crippen molar-refractivity contribution in [2.75, 3.05) is 0 Å². The summed E-state index contributed by atoms with van der Waals surface area (Å²) in [4.78, 5) is 9.54. The van der Waals surface area contributed by atoms with Gasteiger partial charge in [0.15, 0.2) is 20.7 Å². The molecule has 0 saturated carbocycles.